The lowest BCUT2D eigenvalue weighted by Gasteiger charge is -2.27. The minimum Gasteiger partial charge on any atom is -0.369 e. The number of amides is 1. The zero-order valence-electron chi connectivity index (χ0n) is 14.9. The summed E-state index contributed by atoms with van der Waals surface area (Å²) in [6.07, 6.45) is 0. The molecule has 0 aliphatic carbocycles. The molecule has 25 heavy (non-hydrogen) atoms. The van der Waals surface area contributed by atoms with Gasteiger partial charge in [0.05, 0.1) is 21.7 Å². The van der Waals surface area contributed by atoms with Crippen molar-refractivity contribution >= 4 is 39.8 Å². The third-order valence-corrected chi connectivity index (χ3v) is 5.97. The second-order valence-electron chi connectivity index (χ2n) is 5.72. The first kappa shape index (κ1) is 19.3. The number of aromatic nitrogens is 1. The Morgan fingerprint density at radius 3 is 2.64 bits per heavy atom. The van der Waals surface area contributed by atoms with Gasteiger partial charge in [-0.05, 0) is 52.0 Å². The van der Waals surface area contributed by atoms with E-state index < -0.39 is 0 Å². The van der Waals surface area contributed by atoms with Crippen LogP contribution in [0.15, 0.2) is 28.5 Å². The predicted octanol–water partition coefficient (Wildman–Crippen LogP) is 4.55. The lowest BCUT2D eigenvalue weighted by molar-refractivity contribution is 0.102. The van der Waals surface area contributed by atoms with E-state index in [9.17, 15) is 4.79 Å². The summed E-state index contributed by atoms with van der Waals surface area (Å²) >= 11 is 2.84. The lowest BCUT2D eigenvalue weighted by atomic mass is 10.1. The van der Waals surface area contributed by atoms with E-state index in [1.807, 2.05) is 31.2 Å². The number of benzene rings is 1. The number of nitriles is 1. The summed E-state index contributed by atoms with van der Waals surface area (Å²) in [6, 6.07) is 10.1. The van der Waals surface area contributed by atoms with E-state index >= 15 is 0 Å². The monoisotopic (exact) mass is 374 g/mol. The van der Waals surface area contributed by atoms with Crippen molar-refractivity contribution in [2.75, 3.05) is 22.5 Å². The van der Waals surface area contributed by atoms with Gasteiger partial charge in [0.15, 0.2) is 5.13 Å². The standard InChI is InChI=1S/C18H22N4OS2/c1-5-22(12(2)3)15-8-6-14(7-9-15)16(23)21-18-20-13(4)17(25-18)24-11-10-19/h6-9,12H,5,11H2,1-4H3,(H,20,21,23). The maximum atomic E-state index is 12.4. The van der Waals surface area contributed by atoms with Gasteiger partial charge in [-0.2, -0.15) is 5.26 Å². The molecule has 1 aromatic carbocycles. The van der Waals surface area contributed by atoms with Crippen LogP contribution in [-0.4, -0.2) is 29.2 Å². The van der Waals surface area contributed by atoms with Crippen molar-refractivity contribution in [2.24, 2.45) is 0 Å². The number of hydrogen-bond donors (Lipinski definition) is 1. The van der Waals surface area contributed by atoms with Crippen LogP contribution in [0.25, 0.3) is 0 Å². The average molecular weight is 375 g/mol. The van der Waals surface area contributed by atoms with Crippen LogP contribution in [-0.2, 0) is 0 Å². The van der Waals surface area contributed by atoms with Crippen LogP contribution in [0.3, 0.4) is 0 Å². The third kappa shape index (κ3) is 4.97. The van der Waals surface area contributed by atoms with Gasteiger partial charge in [-0.1, -0.05) is 23.1 Å². The number of carbonyl (C=O) groups excluding carboxylic acids is 1. The van der Waals surface area contributed by atoms with Gasteiger partial charge in [0.1, 0.15) is 0 Å². The summed E-state index contributed by atoms with van der Waals surface area (Å²) in [5.41, 5.74) is 2.54. The highest BCUT2D eigenvalue weighted by Crippen LogP contribution is 2.32. The fraction of sp³-hybridized carbons (Fsp3) is 0.389. The minimum absolute atomic E-state index is 0.176. The van der Waals surface area contributed by atoms with Gasteiger partial charge in [-0.15, -0.1) is 0 Å². The van der Waals surface area contributed by atoms with E-state index in [1.54, 1.807) is 0 Å². The Balaban J connectivity index is 2.07. The van der Waals surface area contributed by atoms with Crippen LogP contribution < -0.4 is 10.2 Å². The Morgan fingerprint density at radius 1 is 1.40 bits per heavy atom. The Kier molecular flexibility index (Phi) is 6.85. The second-order valence-corrected chi connectivity index (χ2v) is 7.96. The quantitative estimate of drug-likeness (QED) is 0.720. The van der Waals surface area contributed by atoms with Crippen molar-refractivity contribution in [3.05, 3.63) is 35.5 Å². The molecular weight excluding hydrogens is 352 g/mol. The van der Waals surface area contributed by atoms with Crippen molar-refractivity contribution in [2.45, 2.75) is 37.9 Å². The smallest absolute Gasteiger partial charge is 0.257 e. The van der Waals surface area contributed by atoms with Crippen molar-refractivity contribution in [3.8, 4) is 6.07 Å². The number of nitrogens with one attached hydrogen (secondary N) is 1. The van der Waals surface area contributed by atoms with Gasteiger partial charge < -0.3 is 4.90 Å². The van der Waals surface area contributed by atoms with Gasteiger partial charge in [-0.25, -0.2) is 4.98 Å². The highest BCUT2D eigenvalue weighted by molar-refractivity contribution is 8.01. The molecular formula is C18H22N4OS2. The molecule has 7 heteroatoms. The summed E-state index contributed by atoms with van der Waals surface area (Å²) in [5.74, 6) is 0.200. The normalized spacial score (nSPS) is 10.6. The van der Waals surface area contributed by atoms with Gasteiger partial charge in [0.2, 0.25) is 0 Å². The van der Waals surface area contributed by atoms with Crippen LogP contribution in [0, 0.1) is 18.3 Å². The molecule has 5 nitrogen and oxygen atoms in total. The summed E-state index contributed by atoms with van der Waals surface area (Å²) in [4.78, 5) is 19.0. The molecule has 0 radical (unpaired) electrons. The molecule has 1 heterocycles. The number of rotatable bonds is 7. The number of hydrogen-bond acceptors (Lipinski definition) is 6. The van der Waals surface area contributed by atoms with Crippen LogP contribution in [0.5, 0.6) is 0 Å². The number of aryl methyl sites for hydroxylation is 1. The molecule has 0 bridgehead atoms. The first-order chi connectivity index (χ1) is 12.0. The summed E-state index contributed by atoms with van der Waals surface area (Å²) in [6.45, 7) is 9.22. The molecule has 0 aliphatic heterocycles. The van der Waals surface area contributed by atoms with Crippen molar-refractivity contribution in [1.29, 1.82) is 5.26 Å². The van der Waals surface area contributed by atoms with Crippen LogP contribution in [0.1, 0.15) is 36.8 Å². The topological polar surface area (TPSA) is 69.0 Å². The highest BCUT2D eigenvalue weighted by atomic mass is 32.2. The molecule has 1 N–H and O–H groups in total. The molecule has 0 saturated heterocycles. The SMILES string of the molecule is CCN(c1ccc(C(=O)Nc2nc(C)c(SCC#N)s2)cc1)C(C)C. The Labute approximate surface area is 157 Å². The van der Waals surface area contributed by atoms with Gasteiger partial charge in [-0.3, -0.25) is 10.1 Å². The van der Waals surface area contributed by atoms with Crippen molar-refractivity contribution in [1.82, 2.24) is 4.98 Å². The minimum atomic E-state index is -0.176. The number of nitrogens with zero attached hydrogens (tertiary/aromatic N) is 3. The molecule has 2 aromatic rings. The van der Waals surface area contributed by atoms with E-state index in [0.29, 0.717) is 22.5 Å². The fourth-order valence-electron chi connectivity index (χ4n) is 2.49. The van der Waals surface area contributed by atoms with Gasteiger partial charge in [0.25, 0.3) is 5.91 Å². The van der Waals surface area contributed by atoms with Gasteiger partial charge in [0, 0.05) is 23.8 Å². The first-order valence-corrected chi connectivity index (χ1v) is 9.91. The Morgan fingerprint density at radius 2 is 2.08 bits per heavy atom. The Hall–Kier alpha value is -2.04. The number of thiazole rings is 1. The highest BCUT2D eigenvalue weighted by Gasteiger charge is 2.13. The van der Waals surface area contributed by atoms with E-state index in [1.165, 1.54) is 23.1 Å². The number of anilines is 2. The molecule has 1 aromatic heterocycles. The largest absolute Gasteiger partial charge is 0.369 e. The molecule has 0 fully saturated rings. The second kappa shape index (κ2) is 8.88. The third-order valence-electron chi connectivity index (χ3n) is 3.67. The van der Waals surface area contributed by atoms with Crippen LogP contribution >= 0.6 is 23.1 Å². The Bertz CT molecular complexity index is 762. The maximum Gasteiger partial charge on any atom is 0.257 e. The molecule has 2 rings (SSSR count). The molecule has 132 valence electrons. The summed E-state index contributed by atoms with van der Waals surface area (Å²) in [5, 5.41) is 12.1. The lowest BCUT2D eigenvalue weighted by Crippen LogP contribution is -2.30. The van der Waals surface area contributed by atoms with Crippen LogP contribution in [0.4, 0.5) is 10.8 Å². The van der Waals surface area contributed by atoms with Crippen LogP contribution in [0.2, 0.25) is 0 Å². The molecule has 0 unspecified atom stereocenters. The van der Waals surface area contributed by atoms with E-state index in [4.69, 9.17) is 5.26 Å². The summed E-state index contributed by atoms with van der Waals surface area (Å²) in [7, 11) is 0. The van der Waals surface area contributed by atoms with Gasteiger partial charge >= 0.3 is 0 Å². The number of thioether (sulfide) groups is 1. The molecule has 0 spiro atoms. The van der Waals surface area contributed by atoms with E-state index in [2.05, 4.69) is 42.0 Å². The molecule has 0 aliphatic rings. The zero-order valence-corrected chi connectivity index (χ0v) is 16.5. The zero-order chi connectivity index (χ0) is 18.4. The predicted molar refractivity (Wildman–Crippen MR) is 106 cm³/mol. The van der Waals surface area contributed by atoms with E-state index in [-0.39, 0.29) is 5.91 Å². The molecule has 0 atom stereocenters. The van der Waals surface area contributed by atoms with Crippen molar-refractivity contribution < 1.29 is 4.79 Å². The first-order valence-electron chi connectivity index (χ1n) is 8.11. The average Bonchev–Trinajstić information content (AvgIpc) is 2.93. The van der Waals surface area contributed by atoms with Crippen molar-refractivity contribution in [3.63, 3.8) is 0 Å². The fourth-order valence-corrected chi connectivity index (χ4v) is 4.28. The molecule has 1 amide bonds. The summed E-state index contributed by atoms with van der Waals surface area (Å²) < 4.78 is 0.961. The van der Waals surface area contributed by atoms with E-state index in [0.717, 1.165) is 22.1 Å². The maximum absolute atomic E-state index is 12.4. The molecule has 0 saturated carbocycles. The number of carbonyl (C=O) groups is 1.